The molecule has 0 N–H and O–H groups in total. The van der Waals surface area contributed by atoms with Crippen molar-refractivity contribution >= 4 is 22.6 Å². The Bertz CT molecular complexity index is 1610. The van der Waals surface area contributed by atoms with Crippen LogP contribution in [-0.2, 0) is 24.3 Å². The fraction of sp³-hybridized carbons (Fsp3) is 0.226. The number of imidazole rings is 1. The van der Waals surface area contributed by atoms with Crippen LogP contribution in [0.4, 0.5) is 8.78 Å². The van der Waals surface area contributed by atoms with Crippen molar-refractivity contribution in [1.82, 2.24) is 14.5 Å². The molecule has 8 heteroatoms. The third kappa shape index (κ3) is 5.65. The molecule has 1 aliphatic heterocycles. The van der Waals surface area contributed by atoms with E-state index in [2.05, 4.69) is 15.6 Å². The molecule has 3 aromatic carbocycles. The van der Waals surface area contributed by atoms with Gasteiger partial charge in [-0.05, 0) is 60.9 Å². The number of fused-ring (bicyclic) bond motifs is 1. The van der Waals surface area contributed by atoms with Crippen molar-refractivity contribution in [3.05, 3.63) is 113 Å². The molecule has 2 aromatic heterocycles. The van der Waals surface area contributed by atoms with E-state index in [1.807, 2.05) is 30.3 Å². The lowest BCUT2D eigenvalue weighted by atomic mass is 10.1. The van der Waals surface area contributed by atoms with Gasteiger partial charge in [-0.2, -0.15) is 0 Å². The number of rotatable bonds is 8. The van der Waals surface area contributed by atoms with E-state index in [4.69, 9.17) is 26.1 Å². The highest BCUT2D eigenvalue weighted by Gasteiger charge is 2.20. The SMILES string of the molecule is Fc1cc(Cl)ccc1COc1cc(-c2ccc(Cc3nc4ccccc4n3CC3CCCO3)nc2)ccc1F. The fourth-order valence-electron chi connectivity index (χ4n) is 4.91. The Morgan fingerprint density at radius 2 is 1.85 bits per heavy atom. The van der Waals surface area contributed by atoms with Crippen LogP contribution in [0.25, 0.3) is 22.2 Å². The van der Waals surface area contributed by atoms with E-state index in [-0.39, 0.29) is 18.5 Å². The molecule has 1 unspecified atom stereocenters. The van der Waals surface area contributed by atoms with Crippen LogP contribution in [0.3, 0.4) is 0 Å². The van der Waals surface area contributed by atoms with Crippen LogP contribution in [-0.4, -0.2) is 27.2 Å². The van der Waals surface area contributed by atoms with Crippen molar-refractivity contribution in [2.45, 2.75) is 38.5 Å². The van der Waals surface area contributed by atoms with Crippen LogP contribution in [0.2, 0.25) is 5.02 Å². The largest absolute Gasteiger partial charge is 0.486 e. The normalized spacial score (nSPS) is 15.2. The zero-order valence-electron chi connectivity index (χ0n) is 21.1. The second-order valence-electron chi connectivity index (χ2n) is 9.65. The molecule has 5 aromatic rings. The number of benzene rings is 3. The van der Waals surface area contributed by atoms with E-state index in [1.165, 1.54) is 18.2 Å². The lowest BCUT2D eigenvalue weighted by Gasteiger charge is -2.14. The number of ether oxygens (including phenoxy) is 2. The third-order valence-corrected chi connectivity index (χ3v) is 7.21. The standard InChI is InChI=1S/C31H26ClF2N3O2/c32-23-10-7-22(27(34)15-23)19-39-30-14-20(9-12-26(30)33)21-8-11-24(35-17-21)16-31-36-28-5-1-2-6-29(28)37(31)18-25-4-3-13-38-25/h1-2,5-12,14-15,17,25H,3-4,13,16,18-19H2. The van der Waals surface area contributed by atoms with Gasteiger partial charge >= 0.3 is 0 Å². The molecular weight excluding hydrogens is 520 g/mol. The maximum Gasteiger partial charge on any atom is 0.165 e. The molecule has 0 radical (unpaired) electrons. The summed E-state index contributed by atoms with van der Waals surface area (Å²) in [4.78, 5) is 9.56. The molecule has 0 bridgehead atoms. The Morgan fingerprint density at radius 3 is 2.64 bits per heavy atom. The van der Waals surface area contributed by atoms with E-state index in [9.17, 15) is 8.78 Å². The highest BCUT2D eigenvalue weighted by atomic mass is 35.5. The first-order chi connectivity index (χ1) is 19.0. The first-order valence-electron chi connectivity index (χ1n) is 12.9. The molecule has 1 aliphatic rings. The zero-order chi connectivity index (χ0) is 26.8. The first-order valence-corrected chi connectivity index (χ1v) is 13.3. The molecule has 5 nitrogen and oxygen atoms in total. The van der Waals surface area contributed by atoms with E-state index in [1.54, 1.807) is 24.4 Å². The molecule has 39 heavy (non-hydrogen) atoms. The number of nitrogens with zero attached hydrogens (tertiary/aromatic N) is 3. The molecule has 3 heterocycles. The predicted molar refractivity (Wildman–Crippen MR) is 147 cm³/mol. The van der Waals surface area contributed by atoms with Crippen molar-refractivity contribution in [2.24, 2.45) is 0 Å². The molecule has 1 atom stereocenters. The lowest BCUT2D eigenvalue weighted by molar-refractivity contribution is 0.0973. The quantitative estimate of drug-likeness (QED) is 0.204. The van der Waals surface area contributed by atoms with Gasteiger partial charge in [0.2, 0.25) is 0 Å². The number of hydrogen-bond donors (Lipinski definition) is 0. The van der Waals surface area contributed by atoms with E-state index < -0.39 is 11.6 Å². The van der Waals surface area contributed by atoms with Gasteiger partial charge in [0.15, 0.2) is 11.6 Å². The second kappa shape index (κ2) is 11.1. The molecule has 0 aliphatic carbocycles. The van der Waals surface area contributed by atoms with Gasteiger partial charge in [0.05, 0.1) is 23.7 Å². The Hall–Kier alpha value is -3.81. The number of aromatic nitrogens is 3. The molecular formula is C31H26ClF2N3O2. The topological polar surface area (TPSA) is 49.2 Å². The summed E-state index contributed by atoms with van der Waals surface area (Å²) >= 11 is 5.81. The monoisotopic (exact) mass is 545 g/mol. The van der Waals surface area contributed by atoms with E-state index in [0.29, 0.717) is 17.0 Å². The maximum atomic E-state index is 14.5. The van der Waals surface area contributed by atoms with Crippen molar-refractivity contribution in [3.63, 3.8) is 0 Å². The summed E-state index contributed by atoms with van der Waals surface area (Å²) in [6.07, 6.45) is 4.67. The summed E-state index contributed by atoms with van der Waals surface area (Å²) in [5.74, 6) is -0.0429. The summed E-state index contributed by atoms with van der Waals surface area (Å²) in [5, 5.41) is 0.292. The Morgan fingerprint density at radius 1 is 0.974 bits per heavy atom. The van der Waals surface area contributed by atoms with Crippen molar-refractivity contribution in [3.8, 4) is 16.9 Å². The van der Waals surface area contributed by atoms with Crippen LogP contribution >= 0.6 is 11.6 Å². The molecule has 0 saturated carbocycles. The molecule has 1 fully saturated rings. The van der Waals surface area contributed by atoms with Gasteiger partial charge in [0.25, 0.3) is 0 Å². The number of para-hydroxylation sites is 2. The van der Waals surface area contributed by atoms with Crippen molar-refractivity contribution < 1.29 is 18.3 Å². The Labute approximate surface area is 230 Å². The molecule has 198 valence electrons. The van der Waals surface area contributed by atoms with Gasteiger partial charge in [-0.15, -0.1) is 0 Å². The van der Waals surface area contributed by atoms with Gasteiger partial charge < -0.3 is 14.0 Å². The lowest BCUT2D eigenvalue weighted by Crippen LogP contribution is -2.17. The van der Waals surface area contributed by atoms with E-state index >= 15 is 0 Å². The minimum atomic E-state index is -0.525. The molecule has 0 amide bonds. The second-order valence-corrected chi connectivity index (χ2v) is 10.1. The Kier molecular flexibility index (Phi) is 7.26. The minimum Gasteiger partial charge on any atom is -0.486 e. The summed E-state index contributed by atoms with van der Waals surface area (Å²) in [6, 6.07) is 20.9. The smallest absolute Gasteiger partial charge is 0.165 e. The van der Waals surface area contributed by atoms with Gasteiger partial charge in [0.1, 0.15) is 18.2 Å². The average Bonchev–Trinajstić information content (AvgIpc) is 3.58. The summed E-state index contributed by atoms with van der Waals surface area (Å²) in [5.41, 5.74) is 4.78. The summed E-state index contributed by atoms with van der Waals surface area (Å²) < 4.78 is 42.3. The van der Waals surface area contributed by atoms with Gasteiger partial charge in [0, 0.05) is 41.1 Å². The summed E-state index contributed by atoms with van der Waals surface area (Å²) in [6.45, 7) is 1.46. The van der Waals surface area contributed by atoms with Gasteiger partial charge in [-0.3, -0.25) is 4.98 Å². The van der Waals surface area contributed by atoms with Gasteiger partial charge in [-0.25, -0.2) is 13.8 Å². The summed E-state index contributed by atoms with van der Waals surface area (Å²) in [7, 11) is 0. The van der Waals surface area contributed by atoms with Crippen molar-refractivity contribution in [1.29, 1.82) is 0 Å². The predicted octanol–water partition coefficient (Wildman–Crippen LogP) is 7.38. The van der Waals surface area contributed by atoms with Gasteiger partial charge in [-0.1, -0.05) is 41.9 Å². The van der Waals surface area contributed by atoms with Crippen LogP contribution in [0.15, 0.2) is 79.0 Å². The highest BCUT2D eigenvalue weighted by molar-refractivity contribution is 6.30. The molecule has 0 spiro atoms. The maximum absolute atomic E-state index is 14.5. The number of hydrogen-bond acceptors (Lipinski definition) is 4. The highest BCUT2D eigenvalue weighted by Crippen LogP contribution is 2.28. The van der Waals surface area contributed by atoms with Crippen molar-refractivity contribution in [2.75, 3.05) is 6.61 Å². The zero-order valence-corrected chi connectivity index (χ0v) is 21.9. The average molecular weight is 546 g/mol. The molecule has 6 rings (SSSR count). The van der Waals surface area contributed by atoms with Crippen LogP contribution in [0.5, 0.6) is 5.75 Å². The Balaban J connectivity index is 1.20. The van der Waals surface area contributed by atoms with Crippen LogP contribution in [0.1, 0.15) is 29.9 Å². The molecule has 1 saturated heterocycles. The number of pyridine rings is 1. The van der Waals surface area contributed by atoms with Crippen LogP contribution < -0.4 is 4.74 Å². The van der Waals surface area contributed by atoms with E-state index in [0.717, 1.165) is 59.7 Å². The van der Waals surface area contributed by atoms with Crippen LogP contribution in [0, 0.1) is 11.6 Å². The first kappa shape index (κ1) is 25.5. The third-order valence-electron chi connectivity index (χ3n) is 6.97. The fourth-order valence-corrected chi connectivity index (χ4v) is 5.06. The number of halogens is 3. The minimum absolute atomic E-state index is 0.0359.